The van der Waals surface area contributed by atoms with E-state index in [1.165, 1.54) is 0 Å². The number of halogens is 2. The van der Waals surface area contributed by atoms with Gasteiger partial charge in [-0.3, -0.25) is 0 Å². The maximum Gasteiger partial charge on any atom is 0.409 e. The smallest absolute Gasteiger partial charge is 0.409 e. The Hall–Kier alpha value is -1.79. The highest BCUT2D eigenvalue weighted by Gasteiger charge is 2.28. The highest BCUT2D eigenvalue weighted by molar-refractivity contribution is 6.36. The number of carbonyl (C=O) groups excluding carboxylic acids is 1. The largest absolute Gasteiger partial charge is 0.450 e. The highest BCUT2D eigenvalue weighted by atomic mass is 35.5. The summed E-state index contributed by atoms with van der Waals surface area (Å²) in [5, 5.41) is 9.25. The molecule has 1 amide bonds. The Morgan fingerprint density at radius 1 is 1.33 bits per heavy atom. The number of hydrogen-bond donors (Lipinski definition) is 0. The van der Waals surface area contributed by atoms with Crippen LogP contribution in [0.15, 0.2) is 22.6 Å². The molecule has 2 heterocycles. The Morgan fingerprint density at radius 3 is 2.75 bits per heavy atom. The fourth-order valence-corrected chi connectivity index (χ4v) is 3.18. The predicted octanol–water partition coefficient (Wildman–Crippen LogP) is 4.38. The first-order valence-electron chi connectivity index (χ1n) is 7.79. The molecule has 1 saturated heterocycles. The summed E-state index contributed by atoms with van der Waals surface area (Å²) in [6.07, 6.45) is 1.25. The van der Waals surface area contributed by atoms with Crippen LogP contribution in [-0.4, -0.2) is 40.9 Å². The first-order valence-corrected chi connectivity index (χ1v) is 8.54. The number of amides is 1. The van der Waals surface area contributed by atoms with Crippen LogP contribution in [0.4, 0.5) is 4.79 Å². The fraction of sp³-hybridized carbons (Fsp3) is 0.438. The van der Waals surface area contributed by atoms with Crippen LogP contribution in [0.1, 0.15) is 31.6 Å². The molecule has 128 valence electrons. The molecule has 0 radical (unpaired) electrons. The minimum Gasteiger partial charge on any atom is -0.450 e. The lowest BCUT2D eigenvalue weighted by atomic mass is 9.97. The van der Waals surface area contributed by atoms with Crippen LogP contribution in [0.3, 0.4) is 0 Å². The third-order valence-electron chi connectivity index (χ3n) is 3.97. The van der Waals surface area contributed by atoms with Gasteiger partial charge >= 0.3 is 6.09 Å². The molecule has 0 unspecified atom stereocenters. The van der Waals surface area contributed by atoms with Crippen molar-refractivity contribution < 1.29 is 13.9 Å². The number of rotatable bonds is 3. The van der Waals surface area contributed by atoms with E-state index in [-0.39, 0.29) is 12.0 Å². The topological polar surface area (TPSA) is 68.5 Å². The minimum absolute atomic E-state index is 0.128. The first-order chi connectivity index (χ1) is 11.6. The lowest BCUT2D eigenvalue weighted by Gasteiger charge is -2.29. The van der Waals surface area contributed by atoms with Crippen molar-refractivity contribution in [3.8, 4) is 11.5 Å². The third-order valence-corrected chi connectivity index (χ3v) is 4.52. The molecule has 0 spiro atoms. The van der Waals surface area contributed by atoms with E-state index in [2.05, 4.69) is 10.2 Å². The molecule has 2 aromatic rings. The SMILES string of the molecule is CCOC(=O)N1CCC(c2nnc(-c3ccc(Cl)cc3Cl)o2)CC1. The summed E-state index contributed by atoms with van der Waals surface area (Å²) in [5.74, 6) is 1.07. The Balaban J connectivity index is 1.67. The number of likely N-dealkylation sites (tertiary alicyclic amines) is 1. The molecule has 0 atom stereocenters. The molecule has 6 nitrogen and oxygen atoms in total. The Labute approximate surface area is 149 Å². The molecule has 0 bridgehead atoms. The molecular weight excluding hydrogens is 353 g/mol. The van der Waals surface area contributed by atoms with E-state index < -0.39 is 0 Å². The summed E-state index contributed by atoms with van der Waals surface area (Å²) in [6, 6.07) is 5.12. The van der Waals surface area contributed by atoms with Gasteiger partial charge in [0.05, 0.1) is 17.2 Å². The summed E-state index contributed by atoms with van der Waals surface area (Å²) in [6.45, 7) is 3.41. The highest BCUT2D eigenvalue weighted by Crippen LogP contribution is 2.33. The van der Waals surface area contributed by atoms with Crippen molar-refractivity contribution in [1.82, 2.24) is 15.1 Å². The number of carbonyl (C=O) groups is 1. The predicted molar refractivity (Wildman–Crippen MR) is 90.3 cm³/mol. The van der Waals surface area contributed by atoms with Gasteiger partial charge in [-0.2, -0.15) is 0 Å². The quantitative estimate of drug-likeness (QED) is 0.802. The van der Waals surface area contributed by atoms with Gasteiger partial charge in [0.15, 0.2) is 0 Å². The van der Waals surface area contributed by atoms with Gasteiger partial charge in [-0.05, 0) is 38.0 Å². The van der Waals surface area contributed by atoms with Crippen LogP contribution in [-0.2, 0) is 4.74 Å². The Bertz CT molecular complexity index is 727. The Kier molecular flexibility index (Phi) is 5.26. The lowest BCUT2D eigenvalue weighted by molar-refractivity contribution is 0.0954. The van der Waals surface area contributed by atoms with Crippen molar-refractivity contribution >= 4 is 29.3 Å². The fourth-order valence-electron chi connectivity index (χ4n) is 2.70. The maximum atomic E-state index is 11.7. The van der Waals surface area contributed by atoms with Gasteiger partial charge in [0.2, 0.25) is 11.8 Å². The monoisotopic (exact) mass is 369 g/mol. The van der Waals surface area contributed by atoms with E-state index in [0.29, 0.717) is 47.1 Å². The molecule has 1 aliphatic heterocycles. The molecule has 1 aliphatic rings. The average Bonchev–Trinajstić information content (AvgIpc) is 3.05. The van der Waals surface area contributed by atoms with Crippen molar-refractivity contribution in [2.75, 3.05) is 19.7 Å². The second kappa shape index (κ2) is 7.40. The first kappa shape index (κ1) is 17.0. The van der Waals surface area contributed by atoms with Gasteiger partial charge in [-0.25, -0.2) is 4.79 Å². The number of nitrogens with zero attached hydrogens (tertiary/aromatic N) is 3. The van der Waals surface area contributed by atoms with E-state index in [9.17, 15) is 4.79 Å². The molecule has 0 aliphatic carbocycles. The van der Waals surface area contributed by atoms with Crippen LogP contribution in [0.25, 0.3) is 11.5 Å². The van der Waals surface area contributed by atoms with Gasteiger partial charge < -0.3 is 14.1 Å². The molecule has 24 heavy (non-hydrogen) atoms. The zero-order chi connectivity index (χ0) is 17.1. The molecule has 1 aromatic carbocycles. The maximum absolute atomic E-state index is 11.7. The summed E-state index contributed by atoms with van der Waals surface area (Å²) in [7, 11) is 0. The van der Waals surface area contributed by atoms with Crippen molar-refractivity contribution in [2.45, 2.75) is 25.7 Å². The van der Waals surface area contributed by atoms with E-state index in [1.54, 1.807) is 30.0 Å². The molecular formula is C16H17Cl2N3O3. The normalized spacial score (nSPS) is 15.5. The van der Waals surface area contributed by atoms with Gasteiger partial charge in [0.25, 0.3) is 0 Å². The van der Waals surface area contributed by atoms with Crippen molar-refractivity contribution in [1.29, 1.82) is 0 Å². The van der Waals surface area contributed by atoms with Crippen LogP contribution >= 0.6 is 23.2 Å². The van der Waals surface area contributed by atoms with E-state index in [0.717, 1.165) is 12.8 Å². The summed E-state index contributed by atoms with van der Waals surface area (Å²) < 4.78 is 10.8. The molecule has 3 rings (SSSR count). The summed E-state index contributed by atoms with van der Waals surface area (Å²) >= 11 is 12.1. The van der Waals surface area contributed by atoms with Crippen molar-refractivity contribution in [2.24, 2.45) is 0 Å². The molecule has 0 N–H and O–H groups in total. The summed E-state index contributed by atoms with van der Waals surface area (Å²) in [5.41, 5.74) is 0.656. The van der Waals surface area contributed by atoms with E-state index in [1.807, 2.05) is 0 Å². The second-order valence-corrected chi connectivity index (χ2v) is 6.37. The standard InChI is InChI=1S/C16H17Cl2N3O3/c1-2-23-16(22)21-7-5-10(6-8-21)14-19-20-15(24-14)12-4-3-11(17)9-13(12)18/h3-4,9-10H,2,5-8H2,1H3. The third kappa shape index (κ3) is 3.65. The van der Waals surface area contributed by atoms with Crippen LogP contribution in [0.5, 0.6) is 0 Å². The van der Waals surface area contributed by atoms with Crippen molar-refractivity contribution in [3.05, 3.63) is 34.1 Å². The minimum atomic E-state index is -0.268. The van der Waals surface area contributed by atoms with Gasteiger partial charge in [0.1, 0.15) is 0 Å². The number of hydrogen-bond acceptors (Lipinski definition) is 5. The summed E-state index contributed by atoms with van der Waals surface area (Å²) in [4.78, 5) is 13.4. The lowest BCUT2D eigenvalue weighted by Crippen LogP contribution is -2.38. The number of piperidine rings is 1. The number of ether oxygens (including phenoxy) is 1. The zero-order valence-electron chi connectivity index (χ0n) is 13.2. The van der Waals surface area contributed by atoms with Gasteiger partial charge in [-0.1, -0.05) is 23.2 Å². The van der Waals surface area contributed by atoms with Crippen molar-refractivity contribution in [3.63, 3.8) is 0 Å². The second-order valence-electron chi connectivity index (χ2n) is 5.53. The molecule has 8 heteroatoms. The van der Waals surface area contributed by atoms with Crippen LogP contribution < -0.4 is 0 Å². The zero-order valence-corrected chi connectivity index (χ0v) is 14.7. The number of benzene rings is 1. The molecule has 0 saturated carbocycles. The number of aromatic nitrogens is 2. The van der Waals surface area contributed by atoms with Crippen LogP contribution in [0, 0.1) is 0 Å². The van der Waals surface area contributed by atoms with E-state index >= 15 is 0 Å². The average molecular weight is 370 g/mol. The molecule has 1 aromatic heterocycles. The van der Waals surface area contributed by atoms with Gasteiger partial charge in [-0.15, -0.1) is 10.2 Å². The van der Waals surface area contributed by atoms with E-state index in [4.69, 9.17) is 32.4 Å². The molecule has 1 fully saturated rings. The Morgan fingerprint density at radius 2 is 2.08 bits per heavy atom. The van der Waals surface area contributed by atoms with Crippen LogP contribution in [0.2, 0.25) is 10.0 Å². The van der Waals surface area contributed by atoms with Gasteiger partial charge in [0, 0.05) is 24.0 Å².